The van der Waals surface area contributed by atoms with Crippen LogP contribution in [0.25, 0.3) is 0 Å². The fraction of sp³-hybridized carbons (Fsp3) is 0.955. The minimum absolute atomic E-state index is 0.292. The van der Waals surface area contributed by atoms with E-state index >= 15 is 0 Å². The number of unbranched alkanes of at least 4 members (excludes halogenated alkanes) is 12. The molecule has 26 heavy (non-hydrogen) atoms. The van der Waals surface area contributed by atoms with Gasteiger partial charge in [0, 0.05) is 0 Å². The molecule has 1 unspecified atom stereocenters. The largest absolute Gasteiger partial charge is 0.480 e. The molecular weight excluding hydrogens is 328 g/mol. The van der Waals surface area contributed by atoms with Gasteiger partial charge in [0.15, 0.2) is 6.29 Å². The summed E-state index contributed by atoms with van der Waals surface area (Å²) >= 11 is 0. The highest BCUT2D eigenvalue weighted by Gasteiger charge is 2.19. The van der Waals surface area contributed by atoms with Crippen molar-refractivity contribution in [3.05, 3.63) is 0 Å². The standard InChI is InChI=1S/C22H44O4/c1-5-6-7-8-9-10-11-12-13-14-15-16-17-18-21(25-19-20(23)24)26-22(2,3)4/h21H,5-19H2,1-4H3,(H,23,24). The van der Waals surface area contributed by atoms with Crippen molar-refractivity contribution in [1.82, 2.24) is 0 Å². The second-order valence-electron chi connectivity index (χ2n) is 8.40. The summed E-state index contributed by atoms with van der Waals surface area (Å²) in [5.74, 6) is -0.946. The predicted octanol–water partition coefficient (Wildman–Crippen LogP) is 6.71. The van der Waals surface area contributed by atoms with Gasteiger partial charge in [-0.15, -0.1) is 0 Å². The Hall–Kier alpha value is -0.610. The summed E-state index contributed by atoms with van der Waals surface area (Å²) in [6.07, 6.45) is 17.5. The summed E-state index contributed by atoms with van der Waals surface area (Å²) in [5, 5.41) is 8.76. The molecule has 0 aromatic rings. The van der Waals surface area contributed by atoms with Gasteiger partial charge in [-0.05, 0) is 33.6 Å². The molecule has 4 heteroatoms. The lowest BCUT2D eigenvalue weighted by Gasteiger charge is -2.27. The van der Waals surface area contributed by atoms with E-state index in [0.29, 0.717) is 0 Å². The van der Waals surface area contributed by atoms with Crippen molar-refractivity contribution in [2.45, 2.75) is 129 Å². The van der Waals surface area contributed by atoms with E-state index in [-0.39, 0.29) is 12.2 Å². The minimum atomic E-state index is -0.946. The number of aliphatic carboxylic acids is 1. The lowest BCUT2D eigenvalue weighted by Crippen LogP contribution is -2.30. The third kappa shape index (κ3) is 19.7. The molecule has 0 radical (unpaired) electrons. The molecule has 0 amide bonds. The van der Waals surface area contributed by atoms with E-state index in [1.165, 1.54) is 70.6 Å². The van der Waals surface area contributed by atoms with Gasteiger partial charge >= 0.3 is 5.97 Å². The van der Waals surface area contributed by atoms with E-state index < -0.39 is 12.3 Å². The first-order valence-corrected chi connectivity index (χ1v) is 10.9. The van der Waals surface area contributed by atoms with Gasteiger partial charge in [0.25, 0.3) is 0 Å². The summed E-state index contributed by atoms with van der Waals surface area (Å²) in [5.41, 5.74) is -0.320. The maximum atomic E-state index is 10.7. The van der Waals surface area contributed by atoms with Crippen molar-refractivity contribution in [3.63, 3.8) is 0 Å². The maximum Gasteiger partial charge on any atom is 0.329 e. The van der Waals surface area contributed by atoms with Gasteiger partial charge in [-0.2, -0.15) is 0 Å². The monoisotopic (exact) mass is 372 g/mol. The molecule has 4 nitrogen and oxygen atoms in total. The van der Waals surface area contributed by atoms with Gasteiger partial charge in [0.05, 0.1) is 5.60 Å². The first-order chi connectivity index (χ1) is 12.3. The van der Waals surface area contributed by atoms with E-state index in [2.05, 4.69) is 6.92 Å². The Kier molecular flexibility index (Phi) is 16.2. The molecule has 0 saturated heterocycles. The van der Waals surface area contributed by atoms with Crippen LogP contribution in [0.3, 0.4) is 0 Å². The van der Waals surface area contributed by atoms with Crippen molar-refractivity contribution in [2.24, 2.45) is 0 Å². The van der Waals surface area contributed by atoms with Gasteiger partial charge in [-0.25, -0.2) is 4.79 Å². The smallest absolute Gasteiger partial charge is 0.329 e. The number of hydrogen-bond donors (Lipinski definition) is 1. The highest BCUT2D eigenvalue weighted by molar-refractivity contribution is 5.67. The fourth-order valence-corrected chi connectivity index (χ4v) is 3.06. The molecule has 0 saturated carbocycles. The average molecular weight is 373 g/mol. The number of rotatable bonds is 18. The van der Waals surface area contributed by atoms with Crippen LogP contribution < -0.4 is 0 Å². The maximum absolute atomic E-state index is 10.7. The van der Waals surface area contributed by atoms with Gasteiger partial charge in [-0.1, -0.05) is 84.0 Å². The Labute approximate surface area is 162 Å². The average Bonchev–Trinajstić information content (AvgIpc) is 2.55. The van der Waals surface area contributed by atoms with Crippen molar-refractivity contribution in [1.29, 1.82) is 0 Å². The predicted molar refractivity (Wildman–Crippen MR) is 109 cm³/mol. The second kappa shape index (κ2) is 16.6. The van der Waals surface area contributed by atoms with Gasteiger partial charge in [-0.3, -0.25) is 0 Å². The number of carboxylic acids is 1. The molecule has 0 rings (SSSR count). The normalized spacial score (nSPS) is 13.1. The van der Waals surface area contributed by atoms with Crippen LogP contribution in [0.5, 0.6) is 0 Å². The van der Waals surface area contributed by atoms with Crippen LogP contribution in [0.1, 0.15) is 118 Å². The second-order valence-corrected chi connectivity index (χ2v) is 8.40. The summed E-state index contributed by atoms with van der Waals surface area (Å²) in [6.45, 7) is 7.87. The van der Waals surface area contributed by atoms with E-state index in [9.17, 15) is 4.79 Å². The van der Waals surface area contributed by atoms with E-state index in [0.717, 1.165) is 19.3 Å². The Morgan fingerprint density at radius 2 is 1.23 bits per heavy atom. The van der Waals surface area contributed by atoms with Gasteiger partial charge < -0.3 is 14.6 Å². The summed E-state index contributed by atoms with van der Waals surface area (Å²) in [6, 6.07) is 0. The van der Waals surface area contributed by atoms with Crippen LogP contribution in [-0.2, 0) is 14.3 Å². The zero-order valence-electron chi connectivity index (χ0n) is 17.9. The first-order valence-electron chi connectivity index (χ1n) is 10.9. The number of ether oxygens (including phenoxy) is 2. The Balaban J connectivity index is 3.55. The fourth-order valence-electron chi connectivity index (χ4n) is 3.06. The third-order valence-electron chi connectivity index (χ3n) is 4.42. The van der Waals surface area contributed by atoms with Crippen LogP contribution in [0.15, 0.2) is 0 Å². The molecule has 0 aromatic heterocycles. The number of carbonyl (C=O) groups is 1. The van der Waals surface area contributed by atoms with E-state index in [1.54, 1.807) is 0 Å². The minimum Gasteiger partial charge on any atom is -0.480 e. The van der Waals surface area contributed by atoms with Gasteiger partial charge in [0.2, 0.25) is 0 Å². The van der Waals surface area contributed by atoms with Crippen molar-refractivity contribution in [3.8, 4) is 0 Å². The molecule has 156 valence electrons. The van der Waals surface area contributed by atoms with Crippen LogP contribution in [0.2, 0.25) is 0 Å². The zero-order valence-corrected chi connectivity index (χ0v) is 17.9. The van der Waals surface area contributed by atoms with Gasteiger partial charge in [0.1, 0.15) is 6.61 Å². The van der Waals surface area contributed by atoms with Crippen LogP contribution >= 0.6 is 0 Å². The topological polar surface area (TPSA) is 55.8 Å². The van der Waals surface area contributed by atoms with E-state index in [4.69, 9.17) is 14.6 Å². The highest BCUT2D eigenvalue weighted by atomic mass is 16.7. The van der Waals surface area contributed by atoms with Crippen molar-refractivity contribution < 1.29 is 19.4 Å². The third-order valence-corrected chi connectivity index (χ3v) is 4.42. The molecule has 0 aliphatic heterocycles. The molecule has 0 bridgehead atoms. The molecule has 0 aliphatic rings. The zero-order chi connectivity index (χ0) is 19.7. The summed E-state index contributed by atoms with van der Waals surface area (Å²) in [4.78, 5) is 10.7. The molecule has 1 N–H and O–H groups in total. The highest BCUT2D eigenvalue weighted by Crippen LogP contribution is 2.18. The summed E-state index contributed by atoms with van der Waals surface area (Å²) < 4.78 is 11.2. The molecule has 0 aromatic carbocycles. The molecule has 1 atom stereocenters. The lowest BCUT2D eigenvalue weighted by atomic mass is 10.0. The van der Waals surface area contributed by atoms with Crippen LogP contribution in [-0.4, -0.2) is 29.6 Å². The van der Waals surface area contributed by atoms with Crippen LogP contribution in [0.4, 0.5) is 0 Å². The number of hydrogen-bond acceptors (Lipinski definition) is 3. The molecule has 0 aliphatic carbocycles. The summed E-state index contributed by atoms with van der Waals surface area (Å²) in [7, 11) is 0. The SMILES string of the molecule is CCCCCCCCCCCCCCCC(OCC(=O)O)OC(C)(C)C. The number of carboxylic acid groups (broad SMARTS) is 1. The van der Waals surface area contributed by atoms with E-state index in [1.807, 2.05) is 20.8 Å². The molecular formula is C22H44O4. The Morgan fingerprint density at radius 1 is 0.808 bits per heavy atom. The van der Waals surface area contributed by atoms with Crippen LogP contribution in [0, 0.1) is 0 Å². The Morgan fingerprint density at radius 3 is 1.62 bits per heavy atom. The quantitative estimate of drug-likeness (QED) is 0.214. The molecule has 0 spiro atoms. The van der Waals surface area contributed by atoms with Crippen molar-refractivity contribution in [2.75, 3.05) is 6.61 Å². The molecule has 0 fully saturated rings. The Bertz CT molecular complexity index is 323. The lowest BCUT2D eigenvalue weighted by molar-refractivity contribution is -0.203. The van der Waals surface area contributed by atoms with Crippen molar-refractivity contribution >= 4 is 5.97 Å². The first kappa shape index (κ1) is 25.4. The molecule has 0 heterocycles.